The first-order valence-corrected chi connectivity index (χ1v) is 5.44. The average molecular weight is 205 g/mol. The summed E-state index contributed by atoms with van der Waals surface area (Å²) in [5.41, 5.74) is 2.14. The second-order valence-corrected chi connectivity index (χ2v) is 5.28. The molecule has 0 aromatic heterocycles. The Balaban J connectivity index is 2.99. The zero-order chi connectivity index (χ0) is 11.6. The third-order valence-electron chi connectivity index (χ3n) is 2.08. The normalized spacial score (nSPS) is 11.9. The van der Waals surface area contributed by atoms with E-state index in [4.69, 9.17) is 4.74 Å². The van der Waals surface area contributed by atoms with Crippen molar-refractivity contribution >= 4 is 0 Å². The van der Waals surface area contributed by atoms with Gasteiger partial charge in [0, 0.05) is 0 Å². The molecule has 0 saturated heterocycles. The lowest BCUT2D eigenvalue weighted by Gasteiger charge is -2.22. The lowest BCUT2D eigenvalue weighted by atomic mass is 10.0. The molecular weight excluding hydrogens is 184 g/mol. The molecule has 0 aliphatic carbocycles. The summed E-state index contributed by atoms with van der Waals surface area (Å²) in [6, 6.07) is 6.20. The van der Waals surface area contributed by atoms with Crippen molar-refractivity contribution in [2.45, 2.75) is 46.1 Å². The summed E-state index contributed by atoms with van der Waals surface area (Å²) in [7, 11) is 0. The minimum Gasteiger partial charge on any atom is -0.488 e. The Bertz CT molecular complexity index is 332. The number of rotatable bonds is 2. The van der Waals surface area contributed by atoms with Crippen LogP contribution in [0.5, 0.6) is 5.75 Å². The highest BCUT2D eigenvalue weighted by atomic mass is 16.5. The summed E-state index contributed by atoms with van der Waals surface area (Å²) in [6.45, 7) is 14.5. The standard InChI is InChI=1S/C14H21O/c1-10(2)12-7-11(3)8-13(9-12)15-14(4,5)6/h7-10H,3H2,1-2,4-6H3. The molecule has 0 aliphatic rings. The lowest BCUT2D eigenvalue weighted by molar-refractivity contribution is 0.130. The Hall–Kier alpha value is -0.980. The van der Waals surface area contributed by atoms with Crippen molar-refractivity contribution in [2.75, 3.05) is 0 Å². The fourth-order valence-corrected chi connectivity index (χ4v) is 1.43. The fourth-order valence-electron chi connectivity index (χ4n) is 1.43. The van der Waals surface area contributed by atoms with E-state index in [-0.39, 0.29) is 5.60 Å². The fraction of sp³-hybridized carbons (Fsp3) is 0.500. The van der Waals surface area contributed by atoms with Gasteiger partial charge in [-0.3, -0.25) is 0 Å². The smallest absolute Gasteiger partial charge is 0.120 e. The number of hydrogen-bond donors (Lipinski definition) is 0. The summed E-state index contributed by atoms with van der Waals surface area (Å²) in [5.74, 6) is 1.42. The van der Waals surface area contributed by atoms with E-state index in [0.29, 0.717) is 5.92 Å². The molecule has 1 nitrogen and oxygen atoms in total. The monoisotopic (exact) mass is 205 g/mol. The maximum atomic E-state index is 5.83. The van der Waals surface area contributed by atoms with Crippen LogP contribution in [0.25, 0.3) is 0 Å². The van der Waals surface area contributed by atoms with E-state index in [2.05, 4.69) is 53.7 Å². The van der Waals surface area contributed by atoms with Gasteiger partial charge in [-0.05, 0) is 56.9 Å². The van der Waals surface area contributed by atoms with Gasteiger partial charge in [0.15, 0.2) is 0 Å². The molecule has 0 heterocycles. The van der Waals surface area contributed by atoms with Gasteiger partial charge in [0.25, 0.3) is 0 Å². The summed E-state index contributed by atoms with van der Waals surface area (Å²) >= 11 is 0. The van der Waals surface area contributed by atoms with Crippen molar-refractivity contribution in [3.8, 4) is 5.75 Å². The minimum atomic E-state index is -0.151. The lowest BCUT2D eigenvalue weighted by Crippen LogP contribution is -2.23. The zero-order valence-electron chi connectivity index (χ0n) is 10.4. The van der Waals surface area contributed by atoms with Crippen LogP contribution in [0, 0.1) is 6.92 Å². The van der Waals surface area contributed by atoms with Gasteiger partial charge in [-0.25, -0.2) is 0 Å². The van der Waals surface area contributed by atoms with Crippen LogP contribution in [0.2, 0.25) is 0 Å². The highest BCUT2D eigenvalue weighted by molar-refractivity contribution is 5.37. The highest BCUT2D eigenvalue weighted by Crippen LogP contribution is 2.25. The summed E-state index contributed by atoms with van der Waals surface area (Å²) in [6.07, 6.45) is 0. The van der Waals surface area contributed by atoms with Gasteiger partial charge in [-0.15, -0.1) is 0 Å². The molecule has 1 heteroatoms. The molecule has 1 aromatic carbocycles. The van der Waals surface area contributed by atoms with Crippen LogP contribution in [0.1, 0.15) is 51.7 Å². The van der Waals surface area contributed by atoms with Crippen molar-refractivity contribution in [2.24, 2.45) is 0 Å². The molecule has 0 atom stereocenters. The molecular formula is C14H21O. The van der Waals surface area contributed by atoms with E-state index in [0.717, 1.165) is 11.3 Å². The molecule has 0 fully saturated rings. The molecule has 0 saturated carbocycles. The van der Waals surface area contributed by atoms with E-state index in [1.807, 2.05) is 6.07 Å². The first-order valence-electron chi connectivity index (χ1n) is 5.44. The van der Waals surface area contributed by atoms with Crippen LogP contribution in [0.3, 0.4) is 0 Å². The van der Waals surface area contributed by atoms with E-state index in [1.165, 1.54) is 5.56 Å². The van der Waals surface area contributed by atoms with E-state index in [9.17, 15) is 0 Å². The van der Waals surface area contributed by atoms with Crippen LogP contribution >= 0.6 is 0 Å². The average Bonchev–Trinajstić information content (AvgIpc) is 1.99. The van der Waals surface area contributed by atoms with Crippen molar-refractivity contribution in [3.63, 3.8) is 0 Å². The number of hydrogen-bond acceptors (Lipinski definition) is 1. The molecule has 0 unspecified atom stereocenters. The van der Waals surface area contributed by atoms with E-state index < -0.39 is 0 Å². The Kier molecular flexibility index (Phi) is 3.43. The third kappa shape index (κ3) is 3.94. The van der Waals surface area contributed by atoms with Crippen LogP contribution in [0.15, 0.2) is 18.2 Å². The molecule has 1 aromatic rings. The number of benzene rings is 1. The van der Waals surface area contributed by atoms with Gasteiger partial charge in [0.2, 0.25) is 0 Å². The summed E-state index contributed by atoms with van der Waals surface area (Å²) < 4.78 is 5.83. The third-order valence-corrected chi connectivity index (χ3v) is 2.08. The van der Waals surface area contributed by atoms with Crippen molar-refractivity contribution < 1.29 is 4.74 Å². The van der Waals surface area contributed by atoms with Crippen LogP contribution in [-0.4, -0.2) is 5.60 Å². The van der Waals surface area contributed by atoms with Crippen molar-refractivity contribution in [1.82, 2.24) is 0 Å². The molecule has 0 bridgehead atoms. The molecule has 0 spiro atoms. The quantitative estimate of drug-likeness (QED) is 0.704. The predicted octanol–water partition coefficient (Wildman–Crippen LogP) is 4.17. The first-order chi connectivity index (χ1) is 6.78. The van der Waals surface area contributed by atoms with Crippen molar-refractivity contribution in [1.29, 1.82) is 0 Å². The maximum Gasteiger partial charge on any atom is 0.120 e. The Labute approximate surface area is 93.5 Å². The zero-order valence-corrected chi connectivity index (χ0v) is 10.4. The maximum absolute atomic E-state index is 5.83. The molecule has 0 aliphatic heterocycles. The predicted molar refractivity (Wildman–Crippen MR) is 65.4 cm³/mol. The molecule has 0 amide bonds. The number of ether oxygens (including phenoxy) is 1. The topological polar surface area (TPSA) is 9.23 Å². The van der Waals surface area contributed by atoms with Crippen LogP contribution in [-0.2, 0) is 0 Å². The Morgan fingerprint density at radius 2 is 1.73 bits per heavy atom. The van der Waals surface area contributed by atoms with Crippen LogP contribution < -0.4 is 4.74 Å². The second-order valence-electron chi connectivity index (χ2n) is 5.28. The van der Waals surface area contributed by atoms with E-state index >= 15 is 0 Å². The molecule has 83 valence electrons. The Morgan fingerprint density at radius 1 is 1.13 bits per heavy atom. The van der Waals surface area contributed by atoms with Gasteiger partial charge in [-0.1, -0.05) is 19.9 Å². The van der Waals surface area contributed by atoms with Crippen LogP contribution in [0.4, 0.5) is 0 Å². The molecule has 0 N–H and O–H groups in total. The second kappa shape index (κ2) is 4.26. The first kappa shape index (κ1) is 12.1. The summed E-state index contributed by atoms with van der Waals surface area (Å²) in [5, 5.41) is 0. The SMILES string of the molecule is [CH2]c1cc(OC(C)(C)C)cc(C(C)C)c1. The summed E-state index contributed by atoms with van der Waals surface area (Å²) in [4.78, 5) is 0. The van der Waals surface area contributed by atoms with Gasteiger partial charge >= 0.3 is 0 Å². The van der Waals surface area contributed by atoms with E-state index in [1.54, 1.807) is 0 Å². The molecule has 1 radical (unpaired) electrons. The molecule has 1 rings (SSSR count). The Morgan fingerprint density at radius 3 is 2.20 bits per heavy atom. The van der Waals surface area contributed by atoms with Gasteiger partial charge in [0.05, 0.1) is 0 Å². The van der Waals surface area contributed by atoms with Gasteiger partial charge in [0.1, 0.15) is 11.4 Å². The molecule has 15 heavy (non-hydrogen) atoms. The highest BCUT2D eigenvalue weighted by Gasteiger charge is 2.12. The van der Waals surface area contributed by atoms with Gasteiger partial charge < -0.3 is 4.74 Å². The van der Waals surface area contributed by atoms with Crippen molar-refractivity contribution in [3.05, 3.63) is 36.2 Å². The van der Waals surface area contributed by atoms with Gasteiger partial charge in [-0.2, -0.15) is 0 Å². The largest absolute Gasteiger partial charge is 0.488 e. The minimum absolute atomic E-state index is 0.151.